The van der Waals surface area contributed by atoms with Crippen molar-refractivity contribution in [2.75, 3.05) is 5.32 Å². The van der Waals surface area contributed by atoms with Crippen LogP contribution in [-0.4, -0.2) is 10.9 Å². The minimum Gasteiger partial charge on any atom is -0.489 e. The Kier molecular flexibility index (Phi) is 5.81. The average molecular weight is 422 g/mol. The molecule has 1 N–H and O–H groups in total. The standard InChI is InChI=1S/C23H16F2N2O2S/c24-17-8-11-20(25)16(12-17)13-29-19-9-6-15(7-10-19)23-27-21(14-30-23)22(28)26-18-4-2-1-3-5-18/h1-12,14H,13H2,(H,26,28). The van der Waals surface area contributed by atoms with Gasteiger partial charge in [-0.1, -0.05) is 18.2 Å². The third-order valence-corrected chi connectivity index (χ3v) is 5.16. The topological polar surface area (TPSA) is 51.2 Å². The van der Waals surface area contributed by atoms with Gasteiger partial charge in [-0.15, -0.1) is 11.3 Å². The van der Waals surface area contributed by atoms with Gasteiger partial charge in [0.15, 0.2) is 0 Å². The zero-order valence-corrected chi connectivity index (χ0v) is 16.5. The molecule has 1 amide bonds. The average Bonchev–Trinajstić information content (AvgIpc) is 3.26. The summed E-state index contributed by atoms with van der Waals surface area (Å²) in [4.78, 5) is 16.7. The van der Waals surface area contributed by atoms with Crippen LogP contribution in [0.2, 0.25) is 0 Å². The number of nitrogens with zero attached hydrogens (tertiary/aromatic N) is 1. The van der Waals surface area contributed by atoms with Crippen molar-refractivity contribution >= 4 is 22.9 Å². The van der Waals surface area contributed by atoms with E-state index in [0.29, 0.717) is 22.1 Å². The molecule has 4 rings (SSSR count). The molecule has 0 spiro atoms. The summed E-state index contributed by atoms with van der Waals surface area (Å²) in [7, 11) is 0. The molecule has 0 fully saturated rings. The van der Waals surface area contributed by atoms with E-state index in [2.05, 4.69) is 10.3 Å². The van der Waals surface area contributed by atoms with Crippen LogP contribution in [0.4, 0.5) is 14.5 Å². The smallest absolute Gasteiger partial charge is 0.275 e. The first-order valence-corrected chi connectivity index (χ1v) is 9.95. The summed E-state index contributed by atoms with van der Waals surface area (Å²) in [5.41, 5.74) is 2.00. The van der Waals surface area contributed by atoms with E-state index in [9.17, 15) is 13.6 Å². The lowest BCUT2D eigenvalue weighted by molar-refractivity contribution is 0.102. The second kappa shape index (κ2) is 8.84. The number of halogens is 2. The molecule has 4 nitrogen and oxygen atoms in total. The Morgan fingerprint density at radius 1 is 1.00 bits per heavy atom. The molecule has 1 heterocycles. The third kappa shape index (κ3) is 4.69. The molecule has 0 aliphatic heterocycles. The van der Waals surface area contributed by atoms with Gasteiger partial charge in [-0.05, 0) is 54.6 Å². The number of benzene rings is 3. The van der Waals surface area contributed by atoms with Crippen molar-refractivity contribution in [1.82, 2.24) is 4.98 Å². The number of anilines is 1. The van der Waals surface area contributed by atoms with E-state index >= 15 is 0 Å². The van der Waals surface area contributed by atoms with Crippen molar-refractivity contribution in [3.05, 3.63) is 101 Å². The maximum Gasteiger partial charge on any atom is 0.275 e. The lowest BCUT2D eigenvalue weighted by atomic mass is 10.2. The molecular formula is C23H16F2N2O2S. The van der Waals surface area contributed by atoms with Crippen LogP contribution in [0.1, 0.15) is 16.1 Å². The zero-order valence-electron chi connectivity index (χ0n) is 15.6. The van der Waals surface area contributed by atoms with Gasteiger partial charge < -0.3 is 10.1 Å². The van der Waals surface area contributed by atoms with E-state index < -0.39 is 11.6 Å². The van der Waals surface area contributed by atoms with Gasteiger partial charge in [0.2, 0.25) is 0 Å². The number of amides is 1. The number of rotatable bonds is 6. The molecule has 0 aliphatic carbocycles. The quantitative estimate of drug-likeness (QED) is 0.420. The first-order valence-electron chi connectivity index (χ1n) is 9.07. The van der Waals surface area contributed by atoms with Crippen LogP contribution in [0, 0.1) is 11.6 Å². The second-order valence-electron chi connectivity index (χ2n) is 6.41. The van der Waals surface area contributed by atoms with Gasteiger partial charge in [0.1, 0.15) is 34.7 Å². The van der Waals surface area contributed by atoms with Gasteiger partial charge in [0.05, 0.1) is 0 Å². The molecule has 0 atom stereocenters. The second-order valence-corrected chi connectivity index (χ2v) is 7.26. The Hall–Kier alpha value is -3.58. The highest BCUT2D eigenvalue weighted by Gasteiger charge is 2.12. The highest BCUT2D eigenvalue weighted by Crippen LogP contribution is 2.26. The fourth-order valence-corrected chi connectivity index (χ4v) is 3.54. The summed E-state index contributed by atoms with van der Waals surface area (Å²) in [6.45, 7) is -0.0794. The normalized spacial score (nSPS) is 10.6. The molecule has 0 unspecified atom stereocenters. The van der Waals surface area contributed by atoms with Crippen LogP contribution in [0.5, 0.6) is 5.75 Å². The summed E-state index contributed by atoms with van der Waals surface area (Å²) in [6, 6.07) is 19.5. The number of carbonyl (C=O) groups is 1. The largest absolute Gasteiger partial charge is 0.489 e. The van der Waals surface area contributed by atoms with Crippen molar-refractivity contribution in [3.8, 4) is 16.3 Å². The lowest BCUT2D eigenvalue weighted by Crippen LogP contribution is -2.12. The summed E-state index contributed by atoms with van der Waals surface area (Å²) in [5.74, 6) is -0.792. The van der Waals surface area contributed by atoms with E-state index in [0.717, 1.165) is 23.8 Å². The number of para-hydroxylation sites is 1. The number of aromatic nitrogens is 1. The number of nitrogens with one attached hydrogen (secondary N) is 1. The first-order chi connectivity index (χ1) is 14.6. The summed E-state index contributed by atoms with van der Waals surface area (Å²) in [6.07, 6.45) is 0. The molecule has 0 saturated carbocycles. The van der Waals surface area contributed by atoms with Crippen LogP contribution >= 0.6 is 11.3 Å². The van der Waals surface area contributed by atoms with Crippen molar-refractivity contribution in [2.45, 2.75) is 6.61 Å². The fraction of sp³-hybridized carbons (Fsp3) is 0.0435. The number of ether oxygens (including phenoxy) is 1. The van der Waals surface area contributed by atoms with Crippen LogP contribution in [-0.2, 0) is 6.61 Å². The maximum atomic E-state index is 13.7. The molecule has 30 heavy (non-hydrogen) atoms. The molecule has 0 bridgehead atoms. The van der Waals surface area contributed by atoms with Crippen molar-refractivity contribution in [1.29, 1.82) is 0 Å². The molecule has 150 valence electrons. The minimum absolute atomic E-state index is 0.0794. The molecule has 0 saturated heterocycles. The van der Waals surface area contributed by atoms with Gasteiger partial charge in [0, 0.05) is 22.2 Å². The number of hydrogen-bond acceptors (Lipinski definition) is 4. The van der Waals surface area contributed by atoms with Gasteiger partial charge in [-0.25, -0.2) is 13.8 Å². The molecule has 7 heteroatoms. The van der Waals surface area contributed by atoms with Crippen LogP contribution in [0.25, 0.3) is 10.6 Å². The number of thiazole rings is 1. The predicted molar refractivity (Wildman–Crippen MR) is 113 cm³/mol. The summed E-state index contributed by atoms with van der Waals surface area (Å²) >= 11 is 1.36. The highest BCUT2D eigenvalue weighted by atomic mass is 32.1. The van der Waals surface area contributed by atoms with Gasteiger partial charge in [0.25, 0.3) is 5.91 Å². The van der Waals surface area contributed by atoms with E-state index in [1.165, 1.54) is 11.3 Å². The Morgan fingerprint density at radius 3 is 2.53 bits per heavy atom. The minimum atomic E-state index is -0.517. The zero-order chi connectivity index (χ0) is 20.9. The Bertz CT molecular complexity index is 1160. The first kappa shape index (κ1) is 19.7. The Balaban J connectivity index is 1.40. The third-order valence-electron chi connectivity index (χ3n) is 4.27. The molecule has 0 aliphatic rings. The molecular weight excluding hydrogens is 406 g/mol. The van der Waals surface area contributed by atoms with E-state index in [4.69, 9.17) is 4.74 Å². The fourth-order valence-electron chi connectivity index (χ4n) is 2.74. The monoisotopic (exact) mass is 422 g/mol. The van der Waals surface area contributed by atoms with Gasteiger partial charge in [-0.2, -0.15) is 0 Å². The molecule has 3 aromatic carbocycles. The van der Waals surface area contributed by atoms with Crippen molar-refractivity contribution < 1.29 is 18.3 Å². The number of carbonyl (C=O) groups excluding carboxylic acids is 1. The van der Waals surface area contributed by atoms with Crippen molar-refractivity contribution in [3.63, 3.8) is 0 Å². The summed E-state index contributed by atoms with van der Waals surface area (Å²) in [5, 5.41) is 5.19. The van der Waals surface area contributed by atoms with Crippen LogP contribution in [0.3, 0.4) is 0 Å². The van der Waals surface area contributed by atoms with Gasteiger partial charge in [-0.3, -0.25) is 4.79 Å². The van der Waals surface area contributed by atoms with E-state index in [-0.39, 0.29) is 18.1 Å². The molecule has 1 aromatic heterocycles. The lowest BCUT2D eigenvalue weighted by Gasteiger charge is -2.08. The maximum absolute atomic E-state index is 13.7. The van der Waals surface area contributed by atoms with Crippen LogP contribution < -0.4 is 10.1 Å². The predicted octanol–water partition coefficient (Wildman–Crippen LogP) is 5.92. The highest BCUT2D eigenvalue weighted by molar-refractivity contribution is 7.13. The molecule has 4 aromatic rings. The Morgan fingerprint density at radius 2 is 1.77 bits per heavy atom. The van der Waals surface area contributed by atoms with Crippen molar-refractivity contribution in [2.24, 2.45) is 0 Å². The molecule has 0 radical (unpaired) electrons. The van der Waals surface area contributed by atoms with E-state index in [1.807, 2.05) is 18.2 Å². The van der Waals surface area contributed by atoms with E-state index in [1.54, 1.807) is 41.8 Å². The summed E-state index contributed by atoms with van der Waals surface area (Å²) < 4.78 is 32.5. The van der Waals surface area contributed by atoms with Crippen LogP contribution in [0.15, 0.2) is 78.2 Å². The van der Waals surface area contributed by atoms with Gasteiger partial charge >= 0.3 is 0 Å². The SMILES string of the molecule is O=C(Nc1ccccc1)c1csc(-c2ccc(OCc3cc(F)ccc3F)cc2)n1. The number of hydrogen-bond donors (Lipinski definition) is 1. The Labute approximate surface area is 175 Å².